The number of carbonyl (C=O) groups is 2. The second-order valence-corrected chi connectivity index (χ2v) is 6.70. The molecule has 0 unspecified atom stereocenters. The molecule has 0 saturated carbocycles. The van der Waals surface area contributed by atoms with Crippen molar-refractivity contribution in [2.45, 2.75) is 47.0 Å². The van der Waals surface area contributed by atoms with Crippen LogP contribution in [0, 0.1) is 5.41 Å². The molecule has 0 aliphatic heterocycles. The van der Waals surface area contributed by atoms with E-state index in [0.717, 1.165) is 5.56 Å². The number of amides is 1. The number of carbonyl (C=O) groups excluding carboxylic acids is 1. The van der Waals surface area contributed by atoms with E-state index in [4.69, 9.17) is 9.84 Å². The number of aromatic nitrogens is 1. The monoisotopic (exact) mass is 335 g/mol. The lowest BCUT2D eigenvalue weighted by Gasteiger charge is -2.16. The maximum Gasteiger partial charge on any atom is 0.303 e. The summed E-state index contributed by atoms with van der Waals surface area (Å²) in [6, 6.07) is 3.47. The highest BCUT2D eigenvalue weighted by atomic mass is 16.5. The van der Waals surface area contributed by atoms with Gasteiger partial charge in [0.1, 0.15) is 0 Å². The fourth-order valence-electron chi connectivity index (χ4n) is 1.81. The molecule has 1 aromatic rings. The van der Waals surface area contributed by atoms with Crippen LogP contribution >= 0.6 is 0 Å². The van der Waals surface area contributed by atoms with Crippen LogP contribution in [-0.2, 0) is 9.59 Å². The molecule has 7 nitrogen and oxygen atoms in total. The van der Waals surface area contributed by atoms with Crippen molar-refractivity contribution < 1.29 is 19.4 Å². The molecule has 0 aliphatic carbocycles. The van der Waals surface area contributed by atoms with Gasteiger partial charge < -0.3 is 9.84 Å². The fraction of sp³-hybridized carbons (Fsp3) is 0.529. The number of nitrogens with zero attached hydrogens (tertiary/aromatic N) is 2. The standard InChI is InChI=1S/C17H25N3O4/c1-12(19-20-14(21)10-17(2,3)4)13-7-8-15(18-11-13)24-9-5-6-16(22)23/h7-8,11H,5-6,9-10H2,1-4H3,(H,20,21)(H,22,23)/b19-12-. The summed E-state index contributed by atoms with van der Waals surface area (Å²) in [4.78, 5) is 26.3. The van der Waals surface area contributed by atoms with Gasteiger partial charge in [0.25, 0.3) is 0 Å². The van der Waals surface area contributed by atoms with Gasteiger partial charge in [-0.25, -0.2) is 10.4 Å². The highest BCUT2D eigenvalue weighted by Gasteiger charge is 2.15. The number of hydrogen-bond donors (Lipinski definition) is 2. The van der Waals surface area contributed by atoms with E-state index >= 15 is 0 Å². The zero-order valence-corrected chi connectivity index (χ0v) is 14.6. The van der Waals surface area contributed by atoms with Crippen LogP contribution in [0.5, 0.6) is 5.88 Å². The molecule has 0 aromatic carbocycles. The third-order valence-electron chi connectivity index (χ3n) is 2.98. The third-order valence-corrected chi connectivity index (χ3v) is 2.98. The molecule has 7 heteroatoms. The van der Waals surface area contributed by atoms with Gasteiger partial charge in [0.05, 0.1) is 12.3 Å². The van der Waals surface area contributed by atoms with Crippen LogP contribution in [0.1, 0.15) is 52.5 Å². The Bertz CT molecular complexity index is 589. The van der Waals surface area contributed by atoms with Crippen molar-refractivity contribution in [3.8, 4) is 5.88 Å². The lowest BCUT2D eigenvalue weighted by atomic mass is 9.92. The van der Waals surface area contributed by atoms with Crippen LogP contribution in [-0.4, -0.2) is 34.3 Å². The van der Waals surface area contributed by atoms with Crippen molar-refractivity contribution in [3.63, 3.8) is 0 Å². The Hall–Kier alpha value is -2.44. The number of pyridine rings is 1. The largest absolute Gasteiger partial charge is 0.481 e. The minimum absolute atomic E-state index is 0.0676. The zero-order valence-electron chi connectivity index (χ0n) is 14.6. The quantitative estimate of drug-likeness (QED) is 0.432. The summed E-state index contributed by atoms with van der Waals surface area (Å²) in [5, 5.41) is 12.6. The lowest BCUT2D eigenvalue weighted by Crippen LogP contribution is -2.24. The summed E-state index contributed by atoms with van der Waals surface area (Å²) >= 11 is 0. The molecule has 0 radical (unpaired) electrons. The van der Waals surface area contributed by atoms with Crippen LogP contribution in [0.2, 0.25) is 0 Å². The first kappa shape index (κ1) is 19.6. The number of carboxylic acids is 1. The normalized spacial score (nSPS) is 11.9. The van der Waals surface area contributed by atoms with Crippen LogP contribution in [0.25, 0.3) is 0 Å². The topological polar surface area (TPSA) is 101 Å². The van der Waals surface area contributed by atoms with Gasteiger partial charge >= 0.3 is 5.97 Å². The molecule has 2 N–H and O–H groups in total. The average molecular weight is 335 g/mol. The molecule has 24 heavy (non-hydrogen) atoms. The molecular formula is C17H25N3O4. The number of nitrogens with one attached hydrogen (secondary N) is 1. The van der Waals surface area contributed by atoms with E-state index < -0.39 is 5.97 Å². The van der Waals surface area contributed by atoms with Crippen molar-refractivity contribution in [2.24, 2.45) is 10.5 Å². The Balaban J connectivity index is 2.50. The summed E-state index contributed by atoms with van der Waals surface area (Å²) in [6.07, 6.45) is 2.49. The summed E-state index contributed by atoms with van der Waals surface area (Å²) in [5.74, 6) is -0.552. The Morgan fingerprint density at radius 3 is 2.58 bits per heavy atom. The maximum atomic E-state index is 11.7. The molecule has 132 valence electrons. The van der Waals surface area contributed by atoms with E-state index in [2.05, 4.69) is 15.5 Å². The van der Waals surface area contributed by atoms with Gasteiger partial charge in [0.15, 0.2) is 0 Å². The van der Waals surface area contributed by atoms with Crippen molar-refractivity contribution in [1.29, 1.82) is 0 Å². The molecule has 0 aliphatic rings. The van der Waals surface area contributed by atoms with Crippen LogP contribution in [0.4, 0.5) is 0 Å². The van der Waals surface area contributed by atoms with Gasteiger partial charge in [-0.1, -0.05) is 20.8 Å². The van der Waals surface area contributed by atoms with Gasteiger partial charge in [-0.15, -0.1) is 0 Å². The van der Waals surface area contributed by atoms with Gasteiger partial charge in [-0.05, 0) is 24.8 Å². The molecule has 1 aromatic heterocycles. The Labute approximate surface area is 142 Å². The van der Waals surface area contributed by atoms with Crippen LogP contribution < -0.4 is 10.2 Å². The summed E-state index contributed by atoms with van der Waals surface area (Å²) in [7, 11) is 0. The Morgan fingerprint density at radius 2 is 2.04 bits per heavy atom. The lowest BCUT2D eigenvalue weighted by molar-refractivity contribution is -0.137. The second kappa shape index (κ2) is 9.00. The van der Waals surface area contributed by atoms with E-state index in [1.54, 1.807) is 25.3 Å². The first-order valence-corrected chi connectivity index (χ1v) is 7.81. The van der Waals surface area contributed by atoms with Gasteiger partial charge in [0.2, 0.25) is 11.8 Å². The molecule has 1 amide bonds. The highest BCUT2D eigenvalue weighted by Crippen LogP contribution is 2.17. The molecule has 0 atom stereocenters. The molecule has 0 spiro atoms. The minimum Gasteiger partial charge on any atom is -0.481 e. The zero-order chi connectivity index (χ0) is 18.2. The number of aliphatic carboxylic acids is 1. The van der Waals surface area contributed by atoms with Gasteiger partial charge in [0, 0.05) is 30.7 Å². The van der Waals surface area contributed by atoms with E-state index in [0.29, 0.717) is 31.0 Å². The predicted molar refractivity (Wildman–Crippen MR) is 91.0 cm³/mol. The van der Waals surface area contributed by atoms with Gasteiger partial charge in [-0.3, -0.25) is 9.59 Å². The number of hydrogen-bond acceptors (Lipinski definition) is 5. The summed E-state index contributed by atoms with van der Waals surface area (Å²) in [5.41, 5.74) is 3.86. The maximum absolute atomic E-state index is 11.7. The van der Waals surface area contributed by atoms with E-state index in [9.17, 15) is 9.59 Å². The number of hydrazone groups is 1. The van der Waals surface area contributed by atoms with Crippen molar-refractivity contribution in [1.82, 2.24) is 10.4 Å². The minimum atomic E-state index is -0.845. The van der Waals surface area contributed by atoms with E-state index in [1.165, 1.54) is 0 Å². The smallest absolute Gasteiger partial charge is 0.303 e. The average Bonchev–Trinajstić information content (AvgIpc) is 2.48. The molecule has 0 bridgehead atoms. The van der Waals surface area contributed by atoms with Crippen molar-refractivity contribution in [2.75, 3.05) is 6.61 Å². The molecule has 1 heterocycles. The molecule has 1 rings (SSSR count). The fourth-order valence-corrected chi connectivity index (χ4v) is 1.81. The second-order valence-electron chi connectivity index (χ2n) is 6.70. The van der Waals surface area contributed by atoms with E-state index in [-0.39, 0.29) is 17.7 Å². The first-order chi connectivity index (χ1) is 11.2. The van der Waals surface area contributed by atoms with Crippen LogP contribution in [0.3, 0.4) is 0 Å². The number of carboxylic acid groups (broad SMARTS) is 1. The number of ether oxygens (including phenoxy) is 1. The molecule has 0 saturated heterocycles. The SMILES string of the molecule is C/C(=N/NC(=O)CC(C)(C)C)c1ccc(OCCCC(=O)O)nc1. The summed E-state index contributed by atoms with van der Waals surface area (Å²) < 4.78 is 5.36. The Morgan fingerprint density at radius 1 is 1.33 bits per heavy atom. The highest BCUT2D eigenvalue weighted by molar-refractivity contribution is 5.99. The molecule has 0 fully saturated rings. The predicted octanol–water partition coefficient (Wildman–Crippen LogP) is 2.60. The molecular weight excluding hydrogens is 310 g/mol. The van der Waals surface area contributed by atoms with E-state index in [1.807, 2.05) is 20.8 Å². The third kappa shape index (κ3) is 8.26. The Kier molecular flexibility index (Phi) is 7.35. The number of rotatable bonds is 8. The first-order valence-electron chi connectivity index (χ1n) is 7.81. The van der Waals surface area contributed by atoms with Crippen LogP contribution in [0.15, 0.2) is 23.4 Å². The van der Waals surface area contributed by atoms with Gasteiger partial charge in [-0.2, -0.15) is 5.10 Å². The van der Waals surface area contributed by atoms with Crippen molar-refractivity contribution >= 4 is 17.6 Å². The summed E-state index contributed by atoms with van der Waals surface area (Å²) in [6.45, 7) is 8.04. The van der Waals surface area contributed by atoms with Crippen molar-refractivity contribution in [3.05, 3.63) is 23.9 Å².